The fourth-order valence-corrected chi connectivity index (χ4v) is 2.69. The minimum atomic E-state index is -0.312. The summed E-state index contributed by atoms with van der Waals surface area (Å²) in [5, 5.41) is 2.84. The van der Waals surface area contributed by atoms with Gasteiger partial charge in [-0.3, -0.25) is 14.6 Å². The number of hydrogen-bond donors (Lipinski definition) is 1. The minimum Gasteiger partial charge on any atom is -0.338 e. The van der Waals surface area contributed by atoms with E-state index in [0.717, 1.165) is 11.3 Å². The van der Waals surface area contributed by atoms with Crippen LogP contribution in [0.3, 0.4) is 0 Å². The van der Waals surface area contributed by atoms with Gasteiger partial charge in [-0.1, -0.05) is 30.3 Å². The van der Waals surface area contributed by atoms with E-state index in [1.54, 1.807) is 11.1 Å². The summed E-state index contributed by atoms with van der Waals surface area (Å²) in [6.45, 7) is 2.90. The molecule has 0 bridgehead atoms. The maximum atomic E-state index is 12.3. The first-order chi connectivity index (χ1) is 11.1. The van der Waals surface area contributed by atoms with Crippen molar-refractivity contribution in [2.24, 2.45) is 5.92 Å². The third kappa shape index (κ3) is 3.74. The molecule has 5 heteroatoms. The van der Waals surface area contributed by atoms with E-state index in [0.29, 0.717) is 18.8 Å². The van der Waals surface area contributed by atoms with Gasteiger partial charge in [-0.2, -0.15) is 0 Å². The van der Waals surface area contributed by atoms with E-state index in [-0.39, 0.29) is 24.2 Å². The highest BCUT2D eigenvalue weighted by Crippen LogP contribution is 2.21. The number of nitrogens with zero attached hydrogens (tertiary/aromatic N) is 2. The Hall–Kier alpha value is -2.69. The maximum Gasteiger partial charge on any atom is 0.229 e. The number of carbonyl (C=O) groups excluding carboxylic acids is 2. The van der Waals surface area contributed by atoms with Gasteiger partial charge in [0.25, 0.3) is 0 Å². The Kier molecular flexibility index (Phi) is 4.37. The molecule has 23 heavy (non-hydrogen) atoms. The van der Waals surface area contributed by atoms with E-state index < -0.39 is 0 Å². The molecule has 1 aliphatic heterocycles. The van der Waals surface area contributed by atoms with Crippen molar-refractivity contribution >= 4 is 17.5 Å². The van der Waals surface area contributed by atoms with E-state index in [1.165, 1.54) is 0 Å². The molecule has 1 aromatic carbocycles. The van der Waals surface area contributed by atoms with Gasteiger partial charge in [0.1, 0.15) is 0 Å². The summed E-state index contributed by atoms with van der Waals surface area (Å²) in [5.74, 6) is -0.414. The van der Waals surface area contributed by atoms with Gasteiger partial charge >= 0.3 is 0 Å². The summed E-state index contributed by atoms with van der Waals surface area (Å²) >= 11 is 0. The largest absolute Gasteiger partial charge is 0.338 e. The Balaban J connectivity index is 1.60. The zero-order valence-corrected chi connectivity index (χ0v) is 13.0. The third-order valence-corrected chi connectivity index (χ3v) is 3.98. The molecule has 2 heterocycles. The minimum absolute atomic E-state index is 0.0241. The summed E-state index contributed by atoms with van der Waals surface area (Å²) in [7, 11) is 0. The fraction of sp³-hybridized carbons (Fsp3) is 0.278. The Morgan fingerprint density at radius 3 is 2.74 bits per heavy atom. The lowest BCUT2D eigenvalue weighted by Crippen LogP contribution is -2.28. The smallest absolute Gasteiger partial charge is 0.229 e. The van der Waals surface area contributed by atoms with Crippen LogP contribution < -0.4 is 5.32 Å². The quantitative estimate of drug-likeness (QED) is 0.943. The Labute approximate surface area is 135 Å². The van der Waals surface area contributed by atoms with Crippen LogP contribution in [0.15, 0.2) is 48.7 Å². The van der Waals surface area contributed by atoms with Gasteiger partial charge in [0.15, 0.2) is 0 Å². The van der Waals surface area contributed by atoms with Crippen LogP contribution in [0, 0.1) is 12.8 Å². The van der Waals surface area contributed by atoms with Crippen LogP contribution in [0.1, 0.15) is 17.7 Å². The molecule has 2 amide bonds. The van der Waals surface area contributed by atoms with E-state index in [1.807, 2.05) is 49.4 Å². The lowest BCUT2D eigenvalue weighted by molar-refractivity contribution is -0.128. The lowest BCUT2D eigenvalue weighted by Gasteiger charge is -2.16. The molecule has 1 saturated heterocycles. The van der Waals surface area contributed by atoms with E-state index in [4.69, 9.17) is 0 Å². The van der Waals surface area contributed by atoms with Crippen molar-refractivity contribution in [2.45, 2.75) is 19.9 Å². The molecule has 1 unspecified atom stereocenters. The summed E-state index contributed by atoms with van der Waals surface area (Å²) in [4.78, 5) is 30.3. The number of rotatable bonds is 4. The second-order valence-corrected chi connectivity index (χ2v) is 5.84. The first kappa shape index (κ1) is 15.2. The predicted octanol–water partition coefficient (Wildman–Crippen LogP) is 2.38. The number of benzene rings is 1. The van der Waals surface area contributed by atoms with Gasteiger partial charge in [-0.25, -0.2) is 0 Å². The van der Waals surface area contributed by atoms with Crippen molar-refractivity contribution in [3.05, 3.63) is 59.9 Å². The van der Waals surface area contributed by atoms with Crippen molar-refractivity contribution in [1.29, 1.82) is 0 Å². The standard InChI is InChI=1S/C18H19N3O2/c1-13-7-8-16(10-19-13)20-18(23)15-9-17(22)21(12-15)11-14-5-3-2-4-6-14/h2-8,10,15H,9,11-12H2,1H3,(H,20,23). The SMILES string of the molecule is Cc1ccc(NC(=O)C2CC(=O)N(Cc3ccccc3)C2)cn1. The maximum absolute atomic E-state index is 12.3. The highest BCUT2D eigenvalue weighted by atomic mass is 16.2. The van der Waals surface area contributed by atoms with E-state index in [2.05, 4.69) is 10.3 Å². The normalized spacial score (nSPS) is 17.3. The molecule has 0 aliphatic carbocycles. The molecule has 1 aliphatic rings. The Morgan fingerprint density at radius 1 is 1.26 bits per heavy atom. The highest BCUT2D eigenvalue weighted by molar-refractivity contribution is 5.97. The Morgan fingerprint density at radius 2 is 2.04 bits per heavy atom. The van der Waals surface area contributed by atoms with E-state index in [9.17, 15) is 9.59 Å². The number of nitrogens with one attached hydrogen (secondary N) is 1. The number of anilines is 1. The van der Waals surface area contributed by atoms with Crippen LogP contribution in [-0.4, -0.2) is 28.2 Å². The average Bonchev–Trinajstić information content (AvgIpc) is 2.92. The van der Waals surface area contributed by atoms with E-state index >= 15 is 0 Å². The van der Waals surface area contributed by atoms with Crippen LogP contribution in [0.2, 0.25) is 0 Å². The van der Waals surface area contributed by atoms with Gasteiger partial charge in [0.05, 0.1) is 17.8 Å². The van der Waals surface area contributed by atoms with Crippen LogP contribution in [0.25, 0.3) is 0 Å². The first-order valence-electron chi connectivity index (χ1n) is 7.67. The molecule has 0 radical (unpaired) electrons. The van der Waals surface area contributed by atoms with Crippen LogP contribution >= 0.6 is 0 Å². The topological polar surface area (TPSA) is 62.3 Å². The average molecular weight is 309 g/mol. The van der Waals surface area contributed by atoms with Gasteiger partial charge < -0.3 is 10.2 Å². The lowest BCUT2D eigenvalue weighted by atomic mass is 10.1. The zero-order chi connectivity index (χ0) is 16.2. The van der Waals surface area contributed by atoms with Crippen LogP contribution in [0.5, 0.6) is 0 Å². The van der Waals surface area contributed by atoms with Crippen LogP contribution in [-0.2, 0) is 16.1 Å². The fourth-order valence-electron chi connectivity index (χ4n) is 2.69. The molecule has 0 saturated carbocycles. The number of hydrogen-bond acceptors (Lipinski definition) is 3. The molecular weight excluding hydrogens is 290 g/mol. The number of likely N-dealkylation sites (tertiary alicyclic amines) is 1. The van der Waals surface area contributed by atoms with Gasteiger partial charge in [-0.05, 0) is 24.6 Å². The van der Waals surface area contributed by atoms with Gasteiger partial charge in [0, 0.05) is 25.2 Å². The number of aryl methyl sites for hydroxylation is 1. The number of aromatic nitrogens is 1. The Bertz CT molecular complexity index is 698. The number of amides is 2. The van der Waals surface area contributed by atoms with Crippen molar-refractivity contribution in [3.8, 4) is 0 Å². The second-order valence-electron chi connectivity index (χ2n) is 5.84. The molecular formula is C18H19N3O2. The molecule has 0 spiro atoms. The molecule has 2 aromatic rings. The van der Waals surface area contributed by atoms with Crippen molar-refractivity contribution in [3.63, 3.8) is 0 Å². The third-order valence-electron chi connectivity index (χ3n) is 3.98. The summed E-state index contributed by atoms with van der Waals surface area (Å²) in [6.07, 6.45) is 1.89. The van der Waals surface area contributed by atoms with Crippen molar-refractivity contribution in [2.75, 3.05) is 11.9 Å². The second kappa shape index (κ2) is 6.60. The molecule has 118 valence electrons. The zero-order valence-electron chi connectivity index (χ0n) is 13.0. The number of pyridine rings is 1. The summed E-state index contributed by atoms with van der Waals surface area (Å²) < 4.78 is 0. The number of carbonyl (C=O) groups is 2. The van der Waals surface area contributed by atoms with Gasteiger partial charge in [-0.15, -0.1) is 0 Å². The molecule has 1 atom stereocenters. The molecule has 3 rings (SSSR count). The van der Waals surface area contributed by atoms with Crippen molar-refractivity contribution in [1.82, 2.24) is 9.88 Å². The highest BCUT2D eigenvalue weighted by Gasteiger charge is 2.34. The molecule has 5 nitrogen and oxygen atoms in total. The monoisotopic (exact) mass is 309 g/mol. The van der Waals surface area contributed by atoms with Crippen molar-refractivity contribution < 1.29 is 9.59 Å². The molecule has 1 fully saturated rings. The first-order valence-corrected chi connectivity index (χ1v) is 7.67. The summed E-state index contributed by atoms with van der Waals surface area (Å²) in [6, 6.07) is 13.5. The molecule has 1 N–H and O–H groups in total. The van der Waals surface area contributed by atoms with Gasteiger partial charge in [0.2, 0.25) is 11.8 Å². The van der Waals surface area contributed by atoms with Crippen LogP contribution in [0.4, 0.5) is 5.69 Å². The molecule has 1 aromatic heterocycles. The summed E-state index contributed by atoms with van der Waals surface area (Å²) in [5.41, 5.74) is 2.63. The predicted molar refractivity (Wildman–Crippen MR) is 87.6 cm³/mol.